The second-order valence-electron chi connectivity index (χ2n) is 6.50. The minimum absolute atomic E-state index is 0.0346. The maximum absolute atomic E-state index is 12.4. The zero-order valence-electron chi connectivity index (χ0n) is 14.9. The van der Waals surface area contributed by atoms with Gasteiger partial charge in [-0.15, -0.1) is 0 Å². The van der Waals surface area contributed by atoms with Gasteiger partial charge in [-0.1, -0.05) is 30.3 Å². The minimum atomic E-state index is -0.403. The summed E-state index contributed by atoms with van der Waals surface area (Å²) in [5.74, 6) is 0.913. The maximum atomic E-state index is 12.4. The Morgan fingerprint density at radius 3 is 2.62 bits per heavy atom. The van der Waals surface area contributed by atoms with Crippen molar-refractivity contribution in [3.8, 4) is 6.07 Å². The van der Waals surface area contributed by atoms with E-state index in [1.165, 1.54) is 12.5 Å². The van der Waals surface area contributed by atoms with E-state index in [0.717, 1.165) is 37.4 Å². The van der Waals surface area contributed by atoms with Crippen LogP contribution in [0.15, 0.2) is 52.5 Å². The van der Waals surface area contributed by atoms with Crippen LogP contribution in [-0.4, -0.2) is 19.0 Å². The number of amides is 1. The van der Waals surface area contributed by atoms with Gasteiger partial charge in [-0.3, -0.25) is 4.79 Å². The highest BCUT2D eigenvalue weighted by molar-refractivity contribution is 6.01. The molecule has 1 N–H and O–H groups in total. The van der Waals surface area contributed by atoms with Crippen molar-refractivity contribution in [3.05, 3.63) is 59.4 Å². The monoisotopic (exact) mass is 349 g/mol. The number of nitrogens with one attached hydrogen (secondary N) is 1. The van der Waals surface area contributed by atoms with E-state index in [9.17, 15) is 10.1 Å². The van der Waals surface area contributed by atoms with Crippen LogP contribution in [-0.2, 0) is 4.79 Å². The van der Waals surface area contributed by atoms with E-state index in [-0.39, 0.29) is 11.6 Å². The lowest BCUT2D eigenvalue weighted by Crippen LogP contribution is -2.28. The predicted octanol–water partition coefficient (Wildman–Crippen LogP) is 4.05. The zero-order chi connectivity index (χ0) is 18.4. The summed E-state index contributed by atoms with van der Waals surface area (Å²) in [5.41, 5.74) is 1.02. The smallest absolute Gasteiger partial charge is 0.262 e. The molecule has 0 unspecified atom stereocenters. The number of hydrogen-bond acceptors (Lipinski definition) is 4. The van der Waals surface area contributed by atoms with Gasteiger partial charge in [-0.25, -0.2) is 0 Å². The van der Waals surface area contributed by atoms with Gasteiger partial charge in [-0.05, 0) is 37.8 Å². The van der Waals surface area contributed by atoms with Gasteiger partial charge >= 0.3 is 0 Å². The zero-order valence-corrected chi connectivity index (χ0v) is 14.9. The van der Waals surface area contributed by atoms with E-state index in [1.807, 2.05) is 49.4 Å². The van der Waals surface area contributed by atoms with E-state index in [1.54, 1.807) is 6.07 Å². The molecule has 0 bridgehead atoms. The van der Waals surface area contributed by atoms with Crippen LogP contribution < -0.4 is 10.2 Å². The average Bonchev–Trinajstić information content (AvgIpc) is 3.16. The van der Waals surface area contributed by atoms with Crippen LogP contribution in [0.25, 0.3) is 6.08 Å². The average molecular weight is 349 g/mol. The molecule has 1 aliphatic heterocycles. The molecule has 5 heteroatoms. The lowest BCUT2D eigenvalue weighted by atomic mass is 10.1. The van der Waals surface area contributed by atoms with Gasteiger partial charge in [0.25, 0.3) is 5.91 Å². The van der Waals surface area contributed by atoms with Crippen molar-refractivity contribution in [2.24, 2.45) is 0 Å². The molecule has 1 amide bonds. The highest BCUT2D eigenvalue weighted by atomic mass is 16.4. The van der Waals surface area contributed by atoms with Crippen molar-refractivity contribution < 1.29 is 9.21 Å². The summed E-state index contributed by atoms with van der Waals surface area (Å²) in [6.07, 6.45) is 5.08. The Hall–Kier alpha value is -3.00. The fourth-order valence-corrected chi connectivity index (χ4v) is 3.09. The normalized spacial score (nSPS) is 16.0. The van der Waals surface area contributed by atoms with Crippen LogP contribution in [0, 0.1) is 11.3 Å². The number of furan rings is 1. The van der Waals surface area contributed by atoms with E-state index in [2.05, 4.69) is 10.2 Å². The molecule has 3 rings (SSSR count). The Labute approximate surface area is 153 Å². The molecule has 2 heterocycles. The van der Waals surface area contributed by atoms with Gasteiger partial charge in [0.1, 0.15) is 17.4 Å². The summed E-state index contributed by atoms with van der Waals surface area (Å²) in [6, 6.07) is 15.1. The molecule has 134 valence electrons. The highest BCUT2D eigenvalue weighted by Gasteiger charge is 2.16. The van der Waals surface area contributed by atoms with E-state index >= 15 is 0 Å². The largest absolute Gasteiger partial charge is 0.441 e. The third-order valence-electron chi connectivity index (χ3n) is 4.58. The minimum Gasteiger partial charge on any atom is -0.441 e. The first-order valence-corrected chi connectivity index (χ1v) is 9.00. The summed E-state index contributed by atoms with van der Waals surface area (Å²) < 4.78 is 5.81. The Bertz CT molecular complexity index is 811. The summed E-state index contributed by atoms with van der Waals surface area (Å²) in [6.45, 7) is 3.86. The second kappa shape index (κ2) is 8.39. The first-order valence-electron chi connectivity index (χ1n) is 9.00. The van der Waals surface area contributed by atoms with Gasteiger partial charge in [0.05, 0.1) is 6.04 Å². The number of nitriles is 1. The van der Waals surface area contributed by atoms with Crippen LogP contribution in [0.1, 0.15) is 43.6 Å². The summed E-state index contributed by atoms with van der Waals surface area (Å²) in [4.78, 5) is 14.6. The summed E-state index contributed by atoms with van der Waals surface area (Å²) in [7, 11) is 0. The van der Waals surface area contributed by atoms with Crippen molar-refractivity contribution in [2.45, 2.75) is 32.2 Å². The van der Waals surface area contributed by atoms with Crippen molar-refractivity contribution in [1.82, 2.24) is 5.32 Å². The van der Waals surface area contributed by atoms with E-state index < -0.39 is 5.91 Å². The van der Waals surface area contributed by atoms with Gasteiger partial charge < -0.3 is 14.6 Å². The molecule has 1 fully saturated rings. The SMILES string of the molecule is C[C@H](NC(=O)/C(C#N)=C/c1ccc(N2CCCCC2)o1)c1ccccc1. The number of carbonyl (C=O) groups is 1. The fraction of sp³-hybridized carbons (Fsp3) is 0.333. The lowest BCUT2D eigenvalue weighted by molar-refractivity contribution is -0.117. The molecule has 26 heavy (non-hydrogen) atoms. The third kappa shape index (κ3) is 4.34. The van der Waals surface area contributed by atoms with Crippen LogP contribution in [0.5, 0.6) is 0 Å². The van der Waals surface area contributed by atoms with Gasteiger partial charge in [0.15, 0.2) is 5.88 Å². The molecule has 1 saturated heterocycles. The molecular formula is C21H23N3O2. The van der Waals surface area contributed by atoms with Crippen LogP contribution in [0.4, 0.5) is 5.88 Å². The number of nitrogens with zero attached hydrogens (tertiary/aromatic N) is 2. The molecule has 1 aromatic carbocycles. The number of rotatable bonds is 5. The third-order valence-corrected chi connectivity index (χ3v) is 4.58. The van der Waals surface area contributed by atoms with E-state index in [4.69, 9.17) is 4.42 Å². The Morgan fingerprint density at radius 1 is 1.19 bits per heavy atom. The van der Waals surface area contributed by atoms with Crippen molar-refractivity contribution in [3.63, 3.8) is 0 Å². The Morgan fingerprint density at radius 2 is 1.92 bits per heavy atom. The van der Waals surface area contributed by atoms with Crippen LogP contribution >= 0.6 is 0 Å². The lowest BCUT2D eigenvalue weighted by Gasteiger charge is -2.25. The molecule has 0 saturated carbocycles. The van der Waals surface area contributed by atoms with Crippen LogP contribution in [0.2, 0.25) is 0 Å². The second-order valence-corrected chi connectivity index (χ2v) is 6.50. The molecule has 2 aromatic rings. The fourth-order valence-electron chi connectivity index (χ4n) is 3.09. The first kappa shape index (κ1) is 17.8. The summed E-state index contributed by atoms with van der Waals surface area (Å²) >= 11 is 0. The number of benzene rings is 1. The number of piperidine rings is 1. The molecule has 1 atom stereocenters. The number of hydrogen-bond donors (Lipinski definition) is 1. The predicted molar refractivity (Wildman–Crippen MR) is 101 cm³/mol. The van der Waals surface area contributed by atoms with Crippen molar-refractivity contribution in [1.29, 1.82) is 5.26 Å². The number of anilines is 1. The maximum Gasteiger partial charge on any atom is 0.262 e. The molecular weight excluding hydrogens is 326 g/mol. The molecule has 1 aliphatic rings. The summed E-state index contributed by atoms with van der Waals surface area (Å²) in [5, 5.41) is 12.2. The van der Waals surface area contributed by atoms with Crippen molar-refractivity contribution >= 4 is 17.9 Å². The molecule has 0 radical (unpaired) electrons. The molecule has 0 aliphatic carbocycles. The topological polar surface area (TPSA) is 69.3 Å². The first-order chi connectivity index (χ1) is 12.7. The molecule has 0 spiro atoms. The van der Waals surface area contributed by atoms with E-state index in [0.29, 0.717) is 5.76 Å². The van der Waals surface area contributed by atoms with Crippen molar-refractivity contribution in [2.75, 3.05) is 18.0 Å². The Balaban J connectivity index is 1.68. The van der Waals surface area contributed by atoms with Gasteiger partial charge in [0, 0.05) is 25.2 Å². The Kier molecular flexibility index (Phi) is 5.75. The molecule has 1 aromatic heterocycles. The van der Waals surface area contributed by atoms with Gasteiger partial charge in [-0.2, -0.15) is 5.26 Å². The van der Waals surface area contributed by atoms with Gasteiger partial charge in [0.2, 0.25) is 0 Å². The molecule has 5 nitrogen and oxygen atoms in total. The standard InChI is InChI=1S/C21H23N3O2/c1-16(17-8-4-2-5-9-17)23-21(25)18(15-22)14-19-10-11-20(26-19)24-12-6-3-7-13-24/h2,4-5,8-11,14,16H,3,6-7,12-13H2,1H3,(H,23,25)/b18-14+/t16-/m0/s1. The van der Waals surface area contributed by atoms with Crippen LogP contribution in [0.3, 0.4) is 0 Å². The number of carbonyl (C=O) groups excluding carboxylic acids is 1. The highest BCUT2D eigenvalue weighted by Crippen LogP contribution is 2.24. The quantitative estimate of drug-likeness (QED) is 0.653.